The highest BCUT2D eigenvalue weighted by molar-refractivity contribution is 5.88. The predicted octanol–water partition coefficient (Wildman–Crippen LogP) is 3.15. The molecule has 1 aromatic heterocycles. The molecule has 1 N–H and O–H groups in total. The van der Waals surface area contributed by atoms with Crippen LogP contribution in [0.1, 0.15) is 11.3 Å². The summed E-state index contributed by atoms with van der Waals surface area (Å²) in [5, 5.41) is 2.83. The molecule has 26 heavy (non-hydrogen) atoms. The second-order valence-electron chi connectivity index (χ2n) is 6.31. The van der Waals surface area contributed by atoms with Gasteiger partial charge in [-0.15, -0.1) is 0 Å². The van der Waals surface area contributed by atoms with Crippen molar-refractivity contribution < 1.29 is 18.7 Å². The number of anilines is 1. The highest BCUT2D eigenvalue weighted by atomic mass is 19.1. The fraction of sp³-hybridized carbons (Fsp3) is 0.368. The fourth-order valence-corrected chi connectivity index (χ4v) is 2.82. The van der Waals surface area contributed by atoms with Gasteiger partial charge in [0.05, 0.1) is 13.2 Å². The number of aryl methyl sites for hydroxylation is 2. The zero-order chi connectivity index (χ0) is 18.5. The van der Waals surface area contributed by atoms with E-state index < -0.39 is 0 Å². The third-order valence-corrected chi connectivity index (χ3v) is 4.01. The number of rotatable bonds is 4. The van der Waals surface area contributed by atoms with Crippen molar-refractivity contribution in [3.63, 3.8) is 0 Å². The number of hydrogen-bond donors (Lipinski definition) is 1. The van der Waals surface area contributed by atoms with Gasteiger partial charge in [0, 0.05) is 12.2 Å². The number of aromatic nitrogens is 1. The molecule has 3 rings (SSSR count). The van der Waals surface area contributed by atoms with E-state index >= 15 is 0 Å². The van der Waals surface area contributed by atoms with Gasteiger partial charge in [-0.3, -0.25) is 5.32 Å². The second-order valence-corrected chi connectivity index (χ2v) is 6.31. The van der Waals surface area contributed by atoms with Gasteiger partial charge in [-0.1, -0.05) is 0 Å². The van der Waals surface area contributed by atoms with E-state index in [0.717, 1.165) is 11.3 Å². The molecule has 0 radical (unpaired) electrons. The Hall–Kier alpha value is -2.67. The predicted molar refractivity (Wildman–Crippen MR) is 95.9 cm³/mol. The monoisotopic (exact) mass is 359 g/mol. The number of urea groups is 1. The summed E-state index contributed by atoms with van der Waals surface area (Å²) in [6, 6.07) is 9.38. The van der Waals surface area contributed by atoms with Gasteiger partial charge in [-0.25, -0.2) is 14.2 Å². The Morgan fingerprint density at radius 1 is 1.35 bits per heavy atom. The molecule has 6 nitrogen and oxygen atoms in total. The lowest BCUT2D eigenvalue weighted by Crippen LogP contribution is -2.49. The average molecular weight is 359 g/mol. The van der Waals surface area contributed by atoms with Gasteiger partial charge in [0.25, 0.3) is 0 Å². The van der Waals surface area contributed by atoms with Crippen LogP contribution in [0.5, 0.6) is 5.75 Å². The Balaban J connectivity index is 1.53. The number of ether oxygens (including phenoxy) is 2. The maximum atomic E-state index is 12.9. The van der Waals surface area contributed by atoms with E-state index in [1.807, 2.05) is 26.0 Å². The topological polar surface area (TPSA) is 63.7 Å². The molecule has 1 aliphatic rings. The average Bonchev–Trinajstić information content (AvgIpc) is 2.60. The smallest absolute Gasteiger partial charge is 0.323 e. The van der Waals surface area contributed by atoms with Crippen molar-refractivity contribution in [1.82, 2.24) is 9.88 Å². The van der Waals surface area contributed by atoms with Crippen LogP contribution >= 0.6 is 0 Å². The van der Waals surface area contributed by atoms with Crippen molar-refractivity contribution in [3.8, 4) is 5.75 Å². The van der Waals surface area contributed by atoms with E-state index in [-0.39, 0.29) is 24.6 Å². The van der Waals surface area contributed by atoms with Gasteiger partial charge in [0.15, 0.2) is 0 Å². The maximum absolute atomic E-state index is 12.9. The number of amides is 2. The van der Waals surface area contributed by atoms with E-state index in [1.54, 1.807) is 17.0 Å². The normalized spacial score (nSPS) is 17.0. The van der Waals surface area contributed by atoms with Gasteiger partial charge >= 0.3 is 6.03 Å². The first-order valence-corrected chi connectivity index (χ1v) is 8.51. The maximum Gasteiger partial charge on any atom is 0.323 e. The molecular formula is C19H22FN3O3. The first-order chi connectivity index (χ1) is 12.5. The van der Waals surface area contributed by atoms with Crippen molar-refractivity contribution in [2.24, 2.45) is 0 Å². The molecule has 1 saturated heterocycles. The number of nitrogens with one attached hydrogen (secondary N) is 1. The molecule has 0 spiro atoms. The lowest BCUT2D eigenvalue weighted by molar-refractivity contribution is -0.0337. The number of nitrogens with zero attached hydrogens (tertiary/aromatic N) is 2. The van der Waals surface area contributed by atoms with Gasteiger partial charge in [0.1, 0.15) is 30.1 Å². The van der Waals surface area contributed by atoms with Crippen molar-refractivity contribution in [2.45, 2.75) is 20.0 Å². The molecule has 0 saturated carbocycles. The number of carbonyl (C=O) groups excluding carboxylic acids is 1. The second kappa shape index (κ2) is 8.14. The van der Waals surface area contributed by atoms with Crippen LogP contribution in [-0.4, -0.2) is 48.3 Å². The summed E-state index contributed by atoms with van der Waals surface area (Å²) in [7, 11) is 0. The molecule has 1 aliphatic heterocycles. The van der Waals surface area contributed by atoms with Crippen LogP contribution in [0.4, 0.5) is 15.0 Å². The molecule has 1 atom stereocenters. The molecule has 2 aromatic rings. The third kappa shape index (κ3) is 4.92. The van der Waals surface area contributed by atoms with Gasteiger partial charge in [-0.05, 0) is 55.8 Å². The molecule has 1 aromatic carbocycles. The summed E-state index contributed by atoms with van der Waals surface area (Å²) >= 11 is 0. The highest BCUT2D eigenvalue weighted by Crippen LogP contribution is 2.15. The van der Waals surface area contributed by atoms with E-state index in [4.69, 9.17) is 9.47 Å². The van der Waals surface area contributed by atoms with E-state index in [0.29, 0.717) is 31.3 Å². The van der Waals surface area contributed by atoms with E-state index in [2.05, 4.69) is 10.3 Å². The molecule has 0 aliphatic carbocycles. The van der Waals surface area contributed by atoms with Gasteiger partial charge in [-0.2, -0.15) is 0 Å². The summed E-state index contributed by atoms with van der Waals surface area (Å²) in [6.45, 7) is 5.49. The zero-order valence-corrected chi connectivity index (χ0v) is 14.9. The Labute approximate surface area is 151 Å². The molecule has 138 valence electrons. The number of pyridine rings is 1. The lowest BCUT2D eigenvalue weighted by atomic mass is 10.2. The first kappa shape index (κ1) is 18.1. The quantitative estimate of drug-likeness (QED) is 0.911. The first-order valence-electron chi connectivity index (χ1n) is 8.51. The van der Waals surface area contributed by atoms with Crippen LogP contribution in [0.2, 0.25) is 0 Å². The Bertz CT molecular complexity index is 747. The van der Waals surface area contributed by atoms with Crippen LogP contribution in [0.3, 0.4) is 0 Å². The summed E-state index contributed by atoms with van der Waals surface area (Å²) in [4.78, 5) is 18.5. The standard InChI is InChI=1S/C19H22FN3O3/c1-13-9-14(2)21-18(10-13)22-19(24)23-7-8-25-17(11-23)12-26-16-5-3-15(20)4-6-16/h3-6,9-10,17H,7-8,11-12H2,1-2H3,(H,21,22,24). The number of benzene rings is 1. The Morgan fingerprint density at radius 3 is 2.85 bits per heavy atom. The van der Waals surface area contributed by atoms with Crippen LogP contribution < -0.4 is 10.1 Å². The minimum atomic E-state index is -0.311. The number of morpholine rings is 1. The fourth-order valence-electron chi connectivity index (χ4n) is 2.82. The molecule has 2 amide bonds. The van der Waals surface area contributed by atoms with Crippen LogP contribution in [0.25, 0.3) is 0 Å². The minimum Gasteiger partial charge on any atom is -0.491 e. The summed E-state index contributed by atoms with van der Waals surface area (Å²) in [5.74, 6) is 0.795. The zero-order valence-electron chi connectivity index (χ0n) is 14.9. The van der Waals surface area contributed by atoms with Crippen LogP contribution in [-0.2, 0) is 4.74 Å². The van der Waals surface area contributed by atoms with E-state index in [9.17, 15) is 9.18 Å². The number of hydrogen-bond acceptors (Lipinski definition) is 4. The van der Waals surface area contributed by atoms with Crippen molar-refractivity contribution >= 4 is 11.8 Å². The largest absolute Gasteiger partial charge is 0.491 e. The molecule has 1 fully saturated rings. The molecular weight excluding hydrogens is 337 g/mol. The number of carbonyl (C=O) groups is 1. The lowest BCUT2D eigenvalue weighted by Gasteiger charge is -2.32. The summed E-state index contributed by atoms with van der Waals surface area (Å²) in [6.07, 6.45) is -0.244. The van der Waals surface area contributed by atoms with E-state index in [1.165, 1.54) is 12.1 Å². The van der Waals surface area contributed by atoms with Gasteiger partial charge < -0.3 is 14.4 Å². The summed E-state index contributed by atoms with van der Waals surface area (Å²) in [5.41, 5.74) is 1.90. The molecule has 1 unspecified atom stereocenters. The highest BCUT2D eigenvalue weighted by Gasteiger charge is 2.25. The minimum absolute atomic E-state index is 0.211. The third-order valence-electron chi connectivity index (χ3n) is 4.01. The molecule has 0 bridgehead atoms. The SMILES string of the molecule is Cc1cc(C)nc(NC(=O)N2CCOC(COc3ccc(F)cc3)C2)c1. The Kier molecular flexibility index (Phi) is 5.68. The summed E-state index contributed by atoms with van der Waals surface area (Å²) < 4.78 is 24.2. The van der Waals surface area contributed by atoms with Crippen LogP contribution in [0, 0.1) is 19.7 Å². The number of halogens is 1. The van der Waals surface area contributed by atoms with Gasteiger partial charge in [0.2, 0.25) is 0 Å². The molecule has 7 heteroatoms. The van der Waals surface area contributed by atoms with Crippen LogP contribution in [0.15, 0.2) is 36.4 Å². The Morgan fingerprint density at radius 2 is 2.12 bits per heavy atom. The van der Waals surface area contributed by atoms with Crippen molar-refractivity contribution in [1.29, 1.82) is 0 Å². The van der Waals surface area contributed by atoms with Crippen molar-refractivity contribution in [3.05, 3.63) is 53.5 Å². The van der Waals surface area contributed by atoms with Crippen molar-refractivity contribution in [2.75, 3.05) is 31.6 Å². The molecule has 2 heterocycles.